The fourth-order valence-corrected chi connectivity index (χ4v) is 2.44. The van der Waals surface area contributed by atoms with Crippen molar-refractivity contribution in [3.05, 3.63) is 46.6 Å². The van der Waals surface area contributed by atoms with Crippen LogP contribution in [0.15, 0.2) is 30.5 Å². The maximum absolute atomic E-state index is 12.4. The van der Waals surface area contributed by atoms with E-state index in [1.807, 2.05) is 0 Å². The topological polar surface area (TPSA) is 101 Å². The number of halogens is 1. The van der Waals surface area contributed by atoms with E-state index < -0.39 is 23.7 Å². The van der Waals surface area contributed by atoms with Crippen molar-refractivity contribution in [2.24, 2.45) is 0 Å². The van der Waals surface area contributed by atoms with Crippen molar-refractivity contribution in [2.75, 3.05) is 5.32 Å². The Labute approximate surface area is 123 Å². The van der Waals surface area contributed by atoms with Crippen LogP contribution in [0.3, 0.4) is 0 Å². The fourth-order valence-electron chi connectivity index (χ4n) is 2.20. The number of benzene rings is 1. The van der Waals surface area contributed by atoms with Gasteiger partial charge in [-0.05, 0) is 11.6 Å². The monoisotopic (exact) mass is 305 g/mol. The lowest BCUT2D eigenvalue weighted by molar-refractivity contribution is -0.117. The molecule has 3 rings (SSSR count). The number of carboxylic acid groups (broad SMARTS) is 1. The number of carbonyl (C=O) groups is 3. The summed E-state index contributed by atoms with van der Waals surface area (Å²) in [6.07, 6.45) is 1.02. The zero-order chi connectivity index (χ0) is 15.1. The van der Waals surface area contributed by atoms with E-state index in [-0.39, 0.29) is 16.4 Å². The smallest absolute Gasteiger partial charge is 0.341 e. The highest BCUT2D eigenvalue weighted by Gasteiger charge is 2.39. The maximum atomic E-state index is 12.4. The first kappa shape index (κ1) is 13.3. The summed E-state index contributed by atoms with van der Waals surface area (Å²) in [5.74, 6) is -3.85. The SMILES string of the molecule is O=C(O)c1cnn2c1NC(=O)C(c1ccccc1Cl)C2=O. The summed E-state index contributed by atoms with van der Waals surface area (Å²) in [7, 11) is 0. The average Bonchev–Trinajstić information content (AvgIpc) is 2.85. The molecule has 0 spiro atoms. The Hall–Kier alpha value is -2.67. The second-order valence-corrected chi connectivity index (χ2v) is 4.81. The third-order valence-electron chi connectivity index (χ3n) is 3.18. The summed E-state index contributed by atoms with van der Waals surface area (Å²) in [5, 5.41) is 15.4. The van der Waals surface area contributed by atoms with Crippen LogP contribution in [0.5, 0.6) is 0 Å². The van der Waals surface area contributed by atoms with Gasteiger partial charge in [-0.15, -0.1) is 0 Å². The standard InChI is InChI=1S/C13H8ClN3O4/c14-8-4-2-1-3-6(8)9-11(18)16-10-7(13(20)21)5-15-17(10)12(9)19/h1-5,9H,(H,16,18)(H,20,21). The highest BCUT2D eigenvalue weighted by atomic mass is 35.5. The van der Waals surface area contributed by atoms with Crippen LogP contribution in [0, 0.1) is 0 Å². The number of nitrogens with zero attached hydrogens (tertiary/aromatic N) is 2. The minimum atomic E-state index is -1.28. The number of amides is 1. The number of aromatic nitrogens is 2. The molecule has 0 bridgehead atoms. The largest absolute Gasteiger partial charge is 0.477 e. The van der Waals surface area contributed by atoms with Gasteiger partial charge in [0.25, 0.3) is 5.91 Å². The molecule has 1 unspecified atom stereocenters. The normalized spacial score (nSPS) is 17.3. The van der Waals surface area contributed by atoms with Gasteiger partial charge in [0.05, 0.1) is 6.20 Å². The zero-order valence-corrected chi connectivity index (χ0v) is 11.2. The third-order valence-corrected chi connectivity index (χ3v) is 3.52. The van der Waals surface area contributed by atoms with Crippen molar-refractivity contribution in [3.8, 4) is 0 Å². The van der Waals surface area contributed by atoms with Gasteiger partial charge in [-0.25, -0.2) is 4.79 Å². The van der Waals surface area contributed by atoms with Crippen LogP contribution in [0.2, 0.25) is 5.02 Å². The molecule has 106 valence electrons. The highest BCUT2D eigenvalue weighted by molar-refractivity contribution is 6.32. The predicted molar refractivity (Wildman–Crippen MR) is 72.6 cm³/mol. The number of hydrogen-bond acceptors (Lipinski definition) is 4. The van der Waals surface area contributed by atoms with Crippen LogP contribution in [0.1, 0.15) is 26.6 Å². The van der Waals surface area contributed by atoms with Gasteiger partial charge in [0.1, 0.15) is 11.5 Å². The van der Waals surface area contributed by atoms with Gasteiger partial charge in [-0.1, -0.05) is 29.8 Å². The first-order valence-electron chi connectivity index (χ1n) is 5.91. The molecule has 1 amide bonds. The van der Waals surface area contributed by atoms with Crippen LogP contribution in [-0.2, 0) is 4.79 Å². The number of carbonyl (C=O) groups excluding carboxylic acids is 2. The number of anilines is 1. The molecule has 1 aromatic heterocycles. The van der Waals surface area contributed by atoms with Gasteiger partial charge in [0.15, 0.2) is 5.82 Å². The van der Waals surface area contributed by atoms with Crippen molar-refractivity contribution in [2.45, 2.75) is 5.92 Å². The van der Waals surface area contributed by atoms with Crippen LogP contribution < -0.4 is 5.32 Å². The molecule has 1 aliphatic heterocycles. The minimum absolute atomic E-state index is 0.138. The second kappa shape index (κ2) is 4.71. The van der Waals surface area contributed by atoms with E-state index in [0.29, 0.717) is 5.56 Å². The van der Waals surface area contributed by atoms with Crippen molar-refractivity contribution in [1.82, 2.24) is 9.78 Å². The number of rotatable bonds is 2. The van der Waals surface area contributed by atoms with Gasteiger partial charge in [-0.3, -0.25) is 9.59 Å². The summed E-state index contributed by atoms with van der Waals surface area (Å²) >= 11 is 6.01. The fraction of sp³-hybridized carbons (Fsp3) is 0.0769. The zero-order valence-electron chi connectivity index (χ0n) is 10.4. The molecule has 0 aliphatic carbocycles. The van der Waals surface area contributed by atoms with Crippen molar-refractivity contribution in [3.63, 3.8) is 0 Å². The summed E-state index contributed by atoms with van der Waals surface area (Å²) in [6, 6.07) is 6.47. The molecule has 0 saturated heterocycles. The first-order chi connectivity index (χ1) is 10.0. The van der Waals surface area contributed by atoms with Crippen molar-refractivity contribution in [1.29, 1.82) is 0 Å². The first-order valence-corrected chi connectivity index (χ1v) is 6.29. The molecule has 0 radical (unpaired) electrons. The molecule has 21 heavy (non-hydrogen) atoms. The summed E-state index contributed by atoms with van der Waals surface area (Å²) < 4.78 is 0.874. The number of fused-ring (bicyclic) bond motifs is 1. The molecule has 2 heterocycles. The van der Waals surface area contributed by atoms with Crippen molar-refractivity contribution >= 4 is 35.2 Å². The van der Waals surface area contributed by atoms with E-state index in [0.717, 1.165) is 10.9 Å². The number of carboxylic acids is 1. The van der Waals surface area contributed by atoms with E-state index in [1.54, 1.807) is 24.3 Å². The summed E-state index contributed by atoms with van der Waals surface area (Å²) in [6.45, 7) is 0. The molecule has 2 aromatic rings. The number of aromatic carboxylic acids is 1. The van der Waals surface area contributed by atoms with Gasteiger partial charge in [-0.2, -0.15) is 9.78 Å². The lowest BCUT2D eigenvalue weighted by Gasteiger charge is -2.23. The molecule has 0 saturated carbocycles. The molecule has 0 fully saturated rings. The predicted octanol–water partition coefficient (Wildman–Crippen LogP) is 1.61. The molecule has 1 aromatic carbocycles. The Bertz CT molecular complexity index is 783. The second-order valence-electron chi connectivity index (χ2n) is 4.41. The molecule has 8 heteroatoms. The molecule has 1 aliphatic rings. The summed E-state index contributed by atoms with van der Waals surface area (Å²) in [5.41, 5.74) is 0.106. The Morgan fingerprint density at radius 1 is 1.33 bits per heavy atom. The Kier molecular flexibility index (Phi) is 2.99. The Morgan fingerprint density at radius 3 is 2.71 bits per heavy atom. The lowest BCUT2D eigenvalue weighted by Crippen LogP contribution is -2.38. The molecular formula is C13H8ClN3O4. The summed E-state index contributed by atoms with van der Waals surface area (Å²) in [4.78, 5) is 35.6. The average molecular weight is 306 g/mol. The number of nitrogens with one attached hydrogen (secondary N) is 1. The molecular weight excluding hydrogens is 298 g/mol. The lowest BCUT2D eigenvalue weighted by atomic mass is 9.96. The Balaban J connectivity index is 2.11. The molecule has 7 nitrogen and oxygen atoms in total. The quantitative estimate of drug-likeness (QED) is 0.821. The molecule has 2 N–H and O–H groups in total. The Morgan fingerprint density at radius 2 is 2.05 bits per heavy atom. The minimum Gasteiger partial charge on any atom is -0.477 e. The highest BCUT2D eigenvalue weighted by Crippen LogP contribution is 2.32. The van der Waals surface area contributed by atoms with Gasteiger partial charge < -0.3 is 10.4 Å². The van der Waals surface area contributed by atoms with E-state index in [1.165, 1.54) is 0 Å². The van der Waals surface area contributed by atoms with Crippen LogP contribution >= 0.6 is 11.6 Å². The van der Waals surface area contributed by atoms with Crippen LogP contribution in [0.25, 0.3) is 0 Å². The van der Waals surface area contributed by atoms with Gasteiger partial charge >= 0.3 is 5.97 Å². The van der Waals surface area contributed by atoms with E-state index in [9.17, 15) is 14.4 Å². The van der Waals surface area contributed by atoms with Gasteiger partial charge in [0.2, 0.25) is 5.91 Å². The van der Waals surface area contributed by atoms with E-state index >= 15 is 0 Å². The third kappa shape index (κ3) is 1.98. The maximum Gasteiger partial charge on any atom is 0.341 e. The van der Waals surface area contributed by atoms with Crippen LogP contribution in [0.4, 0.5) is 5.82 Å². The van der Waals surface area contributed by atoms with E-state index in [4.69, 9.17) is 16.7 Å². The van der Waals surface area contributed by atoms with Crippen molar-refractivity contribution < 1.29 is 19.5 Å². The van der Waals surface area contributed by atoms with E-state index in [2.05, 4.69) is 10.4 Å². The molecule has 1 atom stereocenters. The van der Waals surface area contributed by atoms with Gasteiger partial charge in [0, 0.05) is 5.02 Å². The number of hydrogen-bond donors (Lipinski definition) is 2. The van der Waals surface area contributed by atoms with Crippen LogP contribution in [-0.4, -0.2) is 32.7 Å².